The Morgan fingerprint density at radius 1 is 1.12 bits per heavy atom. The average molecular weight is 592 g/mol. The van der Waals surface area contributed by atoms with Crippen LogP contribution in [-0.4, -0.2) is 94.3 Å². The van der Waals surface area contributed by atoms with Crippen molar-refractivity contribution in [2.75, 3.05) is 47.7 Å². The highest BCUT2D eigenvalue weighted by Crippen LogP contribution is 2.49. The molecule has 0 bridgehead atoms. The maximum absolute atomic E-state index is 10.5. The maximum atomic E-state index is 10.5. The van der Waals surface area contributed by atoms with Crippen molar-refractivity contribution in [1.29, 1.82) is 0 Å². The summed E-state index contributed by atoms with van der Waals surface area (Å²) in [5, 5.41) is 11.1. The number of hydrogen-bond acceptors (Lipinski definition) is 9. The molecule has 3 fully saturated rings. The standard InChI is InChI=1S/C18H27N3O2.C11H20N2O2S.C2H6/c1-19-20-14-7-8-18(9-10-21(2)17(18)12-14)13-5-6-15(22-3)16(11-13)23-4;1-12-9-7-16-10(11(9)13-8-15)5-3-2-4-6-14;1-2/h5-6,11,17,19H,7-10,12H2,1-4H3;6,8-12H,2-5,7H2,1H3,(H,13,15);1-2H3/b20-14+;;/t17-,18-;9-,10?,11-;/m00./s1. The van der Waals surface area contributed by atoms with E-state index in [0.717, 1.165) is 75.0 Å². The van der Waals surface area contributed by atoms with Crippen LogP contribution < -0.4 is 25.5 Å². The first kappa shape index (κ1) is 34.9. The van der Waals surface area contributed by atoms with Crippen molar-refractivity contribution in [2.24, 2.45) is 5.10 Å². The SMILES string of the molecule is CC.CN/N=C1\CC[C@@]2(c3ccc(OC)c(OC)c3)CCN(C)[C@H]2C1.CN[C@H]1CSC(CCCCC=O)[C@H]1NC=O. The Balaban J connectivity index is 0.000000288. The van der Waals surface area contributed by atoms with Crippen molar-refractivity contribution in [3.8, 4) is 11.5 Å². The first-order valence-electron chi connectivity index (χ1n) is 15.0. The molecule has 1 aliphatic carbocycles. The van der Waals surface area contributed by atoms with Gasteiger partial charge in [0.2, 0.25) is 6.41 Å². The summed E-state index contributed by atoms with van der Waals surface area (Å²) in [6.07, 6.45) is 9.92. The Hall–Kier alpha value is -2.30. The number of ether oxygens (including phenoxy) is 2. The van der Waals surface area contributed by atoms with Crippen LogP contribution in [0.5, 0.6) is 11.5 Å². The van der Waals surface area contributed by atoms with E-state index >= 15 is 0 Å². The number of amides is 1. The Morgan fingerprint density at radius 3 is 2.51 bits per heavy atom. The largest absolute Gasteiger partial charge is 0.493 e. The highest BCUT2D eigenvalue weighted by molar-refractivity contribution is 8.00. The molecule has 3 N–H and O–H groups in total. The summed E-state index contributed by atoms with van der Waals surface area (Å²) < 4.78 is 10.9. The minimum absolute atomic E-state index is 0.195. The molecule has 1 amide bonds. The number of carbonyl (C=O) groups is 2. The van der Waals surface area contributed by atoms with Crippen molar-refractivity contribution in [3.05, 3.63) is 23.8 Å². The molecule has 232 valence electrons. The van der Waals surface area contributed by atoms with Crippen LogP contribution in [-0.2, 0) is 15.0 Å². The highest BCUT2D eigenvalue weighted by Gasteiger charge is 2.49. The van der Waals surface area contributed by atoms with Gasteiger partial charge in [0.15, 0.2) is 11.5 Å². The lowest BCUT2D eigenvalue weighted by atomic mass is 9.65. The molecule has 1 saturated carbocycles. The number of methoxy groups -OCH3 is 2. The summed E-state index contributed by atoms with van der Waals surface area (Å²) >= 11 is 1.91. The van der Waals surface area contributed by atoms with Crippen LogP contribution in [0.3, 0.4) is 0 Å². The second-order valence-electron chi connectivity index (χ2n) is 10.6. The molecule has 1 aromatic rings. The number of unbranched alkanes of at least 4 members (excludes halogenated alkanes) is 2. The van der Waals surface area contributed by atoms with Gasteiger partial charge in [0.05, 0.1) is 20.3 Å². The van der Waals surface area contributed by atoms with Gasteiger partial charge >= 0.3 is 0 Å². The molecule has 1 unspecified atom stereocenters. The number of thioether (sulfide) groups is 1. The van der Waals surface area contributed by atoms with E-state index in [9.17, 15) is 9.59 Å². The van der Waals surface area contributed by atoms with Crippen molar-refractivity contribution in [3.63, 3.8) is 0 Å². The van der Waals surface area contributed by atoms with Gasteiger partial charge in [-0.2, -0.15) is 16.9 Å². The van der Waals surface area contributed by atoms with E-state index in [-0.39, 0.29) is 11.5 Å². The predicted molar refractivity (Wildman–Crippen MR) is 171 cm³/mol. The van der Waals surface area contributed by atoms with Crippen LogP contribution in [0.2, 0.25) is 0 Å². The van der Waals surface area contributed by atoms with Crippen molar-refractivity contribution < 1.29 is 19.1 Å². The number of benzene rings is 1. The topological polar surface area (TPSA) is 104 Å². The summed E-state index contributed by atoms with van der Waals surface area (Å²) in [7, 11) is 9.43. The van der Waals surface area contributed by atoms with E-state index in [2.05, 4.69) is 45.2 Å². The third kappa shape index (κ3) is 8.85. The molecule has 2 heterocycles. The Morgan fingerprint density at radius 2 is 1.88 bits per heavy atom. The summed E-state index contributed by atoms with van der Waals surface area (Å²) in [5.41, 5.74) is 5.79. The number of aldehydes is 1. The van der Waals surface area contributed by atoms with Gasteiger partial charge in [-0.1, -0.05) is 26.3 Å². The lowest BCUT2D eigenvalue weighted by molar-refractivity contribution is -0.110. The van der Waals surface area contributed by atoms with Gasteiger partial charge < -0.3 is 35.2 Å². The molecule has 0 aromatic heterocycles. The molecule has 10 heteroatoms. The van der Waals surface area contributed by atoms with E-state index < -0.39 is 0 Å². The number of likely N-dealkylation sites (N-methyl/N-ethyl adjacent to an activating group) is 2. The molecule has 0 spiro atoms. The fraction of sp³-hybridized carbons (Fsp3) is 0.710. The molecule has 41 heavy (non-hydrogen) atoms. The van der Waals surface area contributed by atoms with Crippen molar-refractivity contribution in [1.82, 2.24) is 21.0 Å². The lowest BCUT2D eigenvalue weighted by Crippen LogP contribution is -2.48. The van der Waals surface area contributed by atoms with Crippen LogP contribution in [0.15, 0.2) is 23.3 Å². The summed E-state index contributed by atoms with van der Waals surface area (Å²) in [6.45, 7) is 5.13. The molecule has 4 rings (SSSR count). The van der Waals surface area contributed by atoms with Crippen LogP contribution in [0.4, 0.5) is 0 Å². The highest BCUT2D eigenvalue weighted by atomic mass is 32.2. The predicted octanol–water partition coefficient (Wildman–Crippen LogP) is 3.99. The monoisotopic (exact) mass is 591 g/mol. The number of nitrogens with one attached hydrogen (secondary N) is 3. The van der Waals surface area contributed by atoms with Gasteiger partial charge in [-0.15, -0.1) is 0 Å². The van der Waals surface area contributed by atoms with Crippen LogP contribution in [0, 0.1) is 0 Å². The van der Waals surface area contributed by atoms with Gasteiger partial charge in [-0.05, 0) is 70.4 Å². The summed E-state index contributed by atoms with van der Waals surface area (Å²) in [5.74, 6) is 2.66. The van der Waals surface area contributed by atoms with Crippen molar-refractivity contribution >= 4 is 30.2 Å². The molecule has 5 atom stereocenters. The number of hydrogen-bond donors (Lipinski definition) is 3. The number of carbonyl (C=O) groups excluding carboxylic acids is 2. The quantitative estimate of drug-likeness (QED) is 0.190. The van der Waals surface area contributed by atoms with Gasteiger partial charge in [0, 0.05) is 54.1 Å². The van der Waals surface area contributed by atoms with E-state index in [0.29, 0.717) is 23.8 Å². The maximum Gasteiger partial charge on any atom is 0.207 e. The second kappa shape index (κ2) is 18.3. The van der Waals surface area contributed by atoms with Gasteiger partial charge in [0.25, 0.3) is 0 Å². The van der Waals surface area contributed by atoms with Gasteiger partial charge in [0.1, 0.15) is 6.29 Å². The number of hydrazone groups is 1. The third-order valence-electron chi connectivity index (χ3n) is 8.61. The number of likely N-dealkylation sites (tertiary alicyclic amines) is 1. The Bertz CT molecular complexity index is 964. The van der Waals surface area contributed by atoms with Crippen molar-refractivity contribution in [2.45, 2.75) is 94.0 Å². The zero-order valence-electron chi connectivity index (χ0n) is 26.2. The normalized spacial score (nSPS) is 27.9. The minimum Gasteiger partial charge on any atom is -0.493 e. The van der Waals surface area contributed by atoms with Gasteiger partial charge in [-0.3, -0.25) is 4.79 Å². The number of nitrogens with zero attached hydrogens (tertiary/aromatic N) is 2. The summed E-state index contributed by atoms with van der Waals surface area (Å²) in [6, 6.07) is 7.52. The lowest BCUT2D eigenvalue weighted by Gasteiger charge is -2.42. The molecule has 2 aliphatic heterocycles. The number of fused-ring (bicyclic) bond motifs is 1. The molecular weight excluding hydrogens is 538 g/mol. The molecule has 9 nitrogen and oxygen atoms in total. The smallest absolute Gasteiger partial charge is 0.207 e. The Labute approximate surface area is 251 Å². The molecular formula is C31H53N5O4S. The van der Waals surface area contributed by atoms with E-state index in [1.807, 2.05) is 45.8 Å². The van der Waals surface area contributed by atoms with E-state index in [4.69, 9.17) is 9.47 Å². The zero-order valence-corrected chi connectivity index (χ0v) is 27.0. The molecule has 1 aromatic carbocycles. The first-order chi connectivity index (χ1) is 20.0. The van der Waals surface area contributed by atoms with E-state index in [1.165, 1.54) is 17.7 Å². The molecule has 0 radical (unpaired) electrons. The van der Waals surface area contributed by atoms with Crippen LogP contribution in [0.1, 0.15) is 70.8 Å². The molecule has 2 saturated heterocycles. The minimum atomic E-state index is 0.195. The average Bonchev–Trinajstić information content (AvgIpc) is 3.57. The zero-order chi connectivity index (χ0) is 30.3. The fourth-order valence-corrected chi connectivity index (χ4v) is 8.07. The number of rotatable bonds is 12. The summed E-state index contributed by atoms with van der Waals surface area (Å²) in [4.78, 5) is 23.2. The van der Waals surface area contributed by atoms with Crippen LogP contribution in [0.25, 0.3) is 0 Å². The Kier molecular flexibility index (Phi) is 15.6. The van der Waals surface area contributed by atoms with Gasteiger partial charge in [-0.25, -0.2) is 0 Å². The molecule has 3 aliphatic rings. The fourth-order valence-electron chi connectivity index (χ4n) is 6.44. The van der Waals surface area contributed by atoms with E-state index in [1.54, 1.807) is 14.2 Å². The third-order valence-corrected chi connectivity index (χ3v) is 10.1. The van der Waals surface area contributed by atoms with Crippen LogP contribution >= 0.6 is 11.8 Å². The first-order valence-corrected chi connectivity index (χ1v) is 16.1. The second-order valence-corrected chi connectivity index (χ2v) is 11.9.